The number of hydrogen-bond acceptors (Lipinski definition) is 5. The molecule has 0 unspecified atom stereocenters. The van der Waals surface area contributed by atoms with Crippen molar-refractivity contribution in [2.24, 2.45) is 5.73 Å². The number of rotatable bonds is 5. The Labute approximate surface area is 121 Å². The molecule has 0 atom stereocenters. The van der Waals surface area contributed by atoms with Crippen LogP contribution in [0, 0.1) is 11.2 Å². The van der Waals surface area contributed by atoms with Gasteiger partial charge in [-0.3, -0.25) is 10.1 Å². The summed E-state index contributed by atoms with van der Waals surface area (Å²) in [6.07, 6.45) is -1.69. The lowest BCUT2D eigenvalue weighted by molar-refractivity contribution is 0.121. The molecule has 8 nitrogen and oxygen atoms in total. The predicted molar refractivity (Wildman–Crippen MR) is 74.7 cm³/mol. The third-order valence-electron chi connectivity index (χ3n) is 2.09. The van der Waals surface area contributed by atoms with E-state index in [9.17, 15) is 17.6 Å². The Kier molecular flexibility index (Phi) is 5.08. The molecule has 0 aliphatic carbocycles. The zero-order valence-corrected chi connectivity index (χ0v) is 12.1. The van der Waals surface area contributed by atoms with Crippen LogP contribution in [0.3, 0.4) is 0 Å². The maximum Gasteiger partial charge on any atom is 0.422 e. The zero-order chi connectivity index (χ0) is 16.2. The van der Waals surface area contributed by atoms with Crippen LogP contribution in [0.1, 0.15) is 19.4 Å². The van der Waals surface area contributed by atoms with Crippen LogP contribution in [0.2, 0.25) is 0 Å². The SMILES string of the molecule is CC(C)OC(=O)NS(=O)(=O)Nc1cccc(F)c1C(=N)N. The summed E-state index contributed by atoms with van der Waals surface area (Å²) in [6, 6.07) is 3.45. The van der Waals surface area contributed by atoms with E-state index in [-0.39, 0.29) is 5.69 Å². The minimum Gasteiger partial charge on any atom is -0.446 e. The van der Waals surface area contributed by atoms with Gasteiger partial charge in [0, 0.05) is 0 Å². The smallest absolute Gasteiger partial charge is 0.422 e. The topological polar surface area (TPSA) is 134 Å². The number of hydrogen-bond donors (Lipinski definition) is 4. The normalized spacial score (nSPS) is 11.0. The Morgan fingerprint density at radius 2 is 2.05 bits per heavy atom. The number of carbonyl (C=O) groups excluding carboxylic acids is 1. The van der Waals surface area contributed by atoms with Gasteiger partial charge in [-0.25, -0.2) is 13.9 Å². The number of nitrogens with one attached hydrogen (secondary N) is 3. The second-order valence-electron chi connectivity index (χ2n) is 4.24. The Bertz CT molecular complexity index is 660. The van der Waals surface area contributed by atoms with Crippen molar-refractivity contribution in [2.75, 3.05) is 4.72 Å². The summed E-state index contributed by atoms with van der Waals surface area (Å²) < 4.78 is 45.1. The van der Waals surface area contributed by atoms with Crippen molar-refractivity contribution in [1.82, 2.24) is 4.72 Å². The number of ether oxygens (including phenoxy) is 1. The van der Waals surface area contributed by atoms with Gasteiger partial charge in [0.15, 0.2) is 0 Å². The Morgan fingerprint density at radius 3 is 2.57 bits per heavy atom. The molecule has 0 saturated carbocycles. The third kappa shape index (κ3) is 4.91. The number of amidine groups is 1. The molecule has 1 aromatic rings. The summed E-state index contributed by atoms with van der Waals surface area (Å²) in [6.45, 7) is 3.08. The molecule has 0 heterocycles. The Hall–Kier alpha value is -2.36. The van der Waals surface area contributed by atoms with E-state index in [4.69, 9.17) is 11.1 Å². The predicted octanol–water partition coefficient (Wildman–Crippen LogP) is 0.901. The minimum absolute atomic E-state index is 0.271. The number of benzene rings is 1. The van der Waals surface area contributed by atoms with Crippen molar-refractivity contribution in [2.45, 2.75) is 20.0 Å². The third-order valence-corrected chi connectivity index (χ3v) is 3.01. The maximum atomic E-state index is 13.5. The molecule has 1 aromatic carbocycles. The largest absolute Gasteiger partial charge is 0.446 e. The van der Waals surface area contributed by atoms with E-state index < -0.39 is 39.6 Å². The van der Waals surface area contributed by atoms with Gasteiger partial charge in [-0.15, -0.1) is 0 Å². The summed E-state index contributed by atoms with van der Waals surface area (Å²) in [4.78, 5) is 11.3. The lowest BCUT2D eigenvalue weighted by Gasteiger charge is -2.14. The van der Waals surface area contributed by atoms with E-state index in [2.05, 4.69) is 4.74 Å². The molecule has 0 radical (unpaired) electrons. The fourth-order valence-corrected chi connectivity index (χ4v) is 2.18. The van der Waals surface area contributed by atoms with E-state index in [1.165, 1.54) is 12.1 Å². The highest BCUT2D eigenvalue weighted by atomic mass is 32.2. The van der Waals surface area contributed by atoms with Gasteiger partial charge in [-0.1, -0.05) is 6.07 Å². The molecule has 0 aromatic heterocycles. The molecule has 1 amide bonds. The number of nitrogens with two attached hydrogens (primary N) is 1. The highest BCUT2D eigenvalue weighted by Gasteiger charge is 2.20. The van der Waals surface area contributed by atoms with Crippen molar-refractivity contribution in [3.8, 4) is 0 Å². The van der Waals surface area contributed by atoms with E-state index in [0.717, 1.165) is 6.07 Å². The lowest BCUT2D eigenvalue weighted by atomic mass is 10.1. The molecular weight excluding hydrogens is 303 g/mol. The van der Waals surface area contributed by atoms with Crippen LogP contribution < -0.4 is 15.2 Å². The number of carbonyl (C=O) groups is 1. The highest BCUT2D eigenvalue weighted by Crippen LogP contribution is 2.19. The second kappa shape index (κ2) is 6.39. The van der Waals surface area contributed by atoms with Gasteiger partial charge in [0.05, 0.1) is 17.4 Å². The van der Waals surface area contributed by atoms with Crippen molar-refractivity contribution in [1.29, 1.82) is 5.41 Å². The number of halogens is 1. The molecule has 5 N–H and O–H groups in total. The molecule has 0 fully saturated rings. The van der Waals surface area contributed by atoms with Gasteiger partial charge < -0.3 is 10.5 Å². The molecule has 21 heavy (non-hydrogen) atoms. The fraction of sp³-hybridized carbons (Fsp3) is 0.273. The number of amides is 1. The molecular formula is C11H15FN4O4S. The van der Waals surface area contributed by atoms with Crippen molar-refractivity contribution in [3.63, 3.8) is 0 Å². The lowest BCUT2D eigenvalue weighted by Crippen LogP contribution is -2.37. The quantitative estimate of drug-likeness (QED) is 0.472. The highest BCUT2D eigenvalue weighted by molar-refractivity contribution is 7.91. The molecule has 0 saturated heterocycles. The van der Waals surface area contributed by atoms with E-state index >= 15 is 0 Å². The molecule has 0 aliphatic rings. The van der Waals surface area contributed by atoms with Crippen LogP contribution in [-0.2, 0) is 14.9 Å². The van der Waals surface area contributed by atoms with Gasteiger partial charge in [0.2, 0.25) is 0 Å². The first-order valence-corrected chi connectivity index (χ1v) is 7.25. The van der Waals surface area contributed by atoms with E-state index in [1.54, 1.807) is 18.6 Å². The van der Waals surface area contributed by atoms with Crippen LogP contribution in [0.5, 0.6) is 0 Å². The van der Waals surface area contributed by atoms with Crippen LogP contribution in [0.15, 0.2) is 18.2 Å². The fourth-order valence-electron chi connectivity index (χ4n) is 1.40. The van der Waals surface area contributed by atoms with E-state index in [1.807, 2.05) is 4.72 Å². The molecule has 10 heteroatoms. The van der Waals surface area contributed by atoms with Crippen molar-refractivity contribution < 1.29 is 22.3 Å². The molecule has 0 bridgehead atoms. The van der Waals surface area contributed by atoms with Gasteiger partial charge in [-0.2, -0.15) is 8.42 Å². The molecule has 0 spiro atoms. The minimum atomic E-state index is -4.35. The van der Waals surface area contributed by atoms with Gasteiger partial charge in [-0.05, 0) is 26.0 Å². The average molecular weight is 318 g/mol. The number of anilines is 1. The first kappa shape index (κ1) is 16.7. The second-order valence-corrected chi connectivity index (χ2v) is 5.65. The van der Waals surface area contributed by atoms with Gasteiger partial charge in [0.25, 0.3) is 0 Å². The summed E-state index contributed by atoms with van der Waals surface area (Å²) >= 11 is 0. The van der Waals surface area contributed by atoms with Gasteiger partial charge >= 0.3 is 16.3 Å². The van der Waals surface area contributed by atoms with Crippen molar-refractivity contribution >= 4 is 27.8 Å². The summed E-state index contributed by atoms with van der Waals surface area (Å²) in [5.74, 6) is -1.52. The van der Waals surface area contributed by atoms with E-state index in [0.29, 0.717) is 0 Å². The van der Waals surface area contributed by atoms with Crippen LogP contribution in [-0.4, -0.2) is 26.5 Å². The standard InChI is InChI=1S/C11H15FN4O4S/c1-6(2)20-11(17)16-21(18,19)15-8-5-3-4-7(12)9(8)10(13)14/h3-6,15H,1-2H3,(H3,13,14)(H,16,17). The van der Waals surface area contributed by atoms with Crippen LogP contribution in [0.4, 0.5) is 14.9 Å². The Balaban J connectivity index is 2.98. The average Bonchev–Trinajstić information content (AvgIpc) is 2.24. The summed E-state index contributed by atoms with van der Waals surface area (Å²) in [7, 11) is -4.35. The molecule has 0 aliphatic heterocycles. The first-order chi connectivity index (χ1) is 9.62. The number of nitrogen functional groups attached to an aromatic ring is 1. The Morgan fingerprint density at radius 1 is 1.43 bits per heavy atom. The zero-order valence-electron chi connectivity index (χ0n) is 11.3. The molecule has 116 valence electrons. The first-order valence-electron chi connectivity index (χ1n) is 5.76. The van der Waals surface area contributed by atoms with Gasteiger partial charge in [0.1, 0.15) is 11.7 Å². The van der Waals surface area contributed by atoms with Crippen LogP contribution >= 0.6 is 0 Å². The monoisotopic (exact) mass is 318 g/mol. The maximum absolute atomic E-state index is 13.5. The summed E-state index contributed by atoms with van der Waals surface area (Å²) in [5.41, 5.74) is 4.51. The van der Waals surface area contributed by atoms with Crippen molar-refractivity contribution in [3.05, 3.63) is 29.6 Å². The molecule has 1 rings (SSSR count). The summed E-state index contributed by atoms with van der Waals surface area (Å²) in [5, 5.41) is 7.25. The van der Waals surface area contributed by atoms with Crippen LogP contribution in [0.25, 0.3) is 0 Å².